The molecule has 0 aromatic rings. The molecular formula is C20H38O5. The lowest BCUT2D eigenvalue weighted by Crippen LogP contribution is -2.42. The van der Waals surface area contributed by atoms with Gasteiger partial charge in [-0.1, -0.05) is 57.6 Å². The minimum atomic E-state index is -0.979. The summed E-state index contributed by atoms with van der Waals surface area (Å²) in [5.41, 5.74) is 0. The van der Waals surface area contributed by atoms with E-state index in [0.29, 0.717) is 6.61 Å². The van der Waals surface area contributed by atoms with E-state index in [1.165, 1.54) is 51.4 Å². The van der Waals surface area contributed by atoms with Gasteiger partial charge >= 0.3 is 0 Å². The molecule has 5 nitrogen and oxygen atoms in total. The van der Waals surface area contributed by atoms with E-state index < -0.39 is 24.4 Å². The predicted octanol–water partition coefficient (Wildman–Crippen LogP) is 2.96. The van der Waals surface area contributed by atoms with Gasteiger partial charge in [-0.25, -0.2) is 0 Å². The second-order valence-corrected chi connectivity index (χ2v) is 6.97. The number of allylic oxidation sites excluding steroid dienone is 2. The topological polar surface area (TPSA) is 79.2 Å². The van der Waals surface area contributed by atoms with E-state index in [0.717, 1.165) is 12.8 Å². The zero-order valence-electron chi connectivity index (χ0n) is 15.8. The molecule has 0 aliphatic carbocycles. The zero-order chi connectivity index (χ0) is 18.3. The standard InChI is InChI=1S/C20H38O5/c1-2-3-4-5-6-7-8-9-10-11-12-13-14-24-18(15-21)20-19(23)17(22)16-25-20/h5-6,17-23H,2-4,7-16H2,1H3/b6-5+/t17-,18+,19+,20+/m0/s1. The Morgan fingerprint density at radius 2 is 1.64 bits per heavy atom. The van der Waals surface area contributed by atoms with E-state index in [1.807, 2.05) is 0 Å². The molecule has 0 bridgehead atoms. The lowest BCUT2D eigenvalue weighted by molar-refractivity contribution is -0.101. The zero-order valence-corrected chi connectivity index (χ0v) is 15.8. The van der Waals surface area contributed by atoms with Gasteiger partial charge in [0, 0.05) is 6.61 Å². The van der Waals surface area contributed by atoms with Crippen molar-refractivity contribution in [3.05, 3.63) is 12.2 Å². The summed E-state index contributed by atoms with van der Waals surface area (Å²) in [6.07, 6.45) is 13.6. The molecule has 148 valence electrons. The van der Waals surface area contributed by atoms with E-state index in [9.17, 15) is 15.3 Å². The first-order valence-electron chi connectivity index (χ1n) is 10.1. The van der Waals surface area contributed by atoms with Crippen LogP contribution in [0.4, 0.5) is 0 Å². The van der Waals surface area contributed by atoms with Crippen molar-refractivity contribution in [2.45, 2.75) is 95.5 Å². The van der Waals surface area contributed by atoms with Crippen molar-refractivity contribution in [2.24, 2.45) is 0 Å². The molecule has 0 unspecified atom stereocenters. The van der Waals surface area contributed by atoms with E-state index >= 15 is 0 Å². The molecule has 0 saturated carbocycles. The van der Waals surface area contributed by atoms with Crippen LogP contribution >= 0.6 is 0 Å². The quantitative estimate of drug-likeness (QED) is 0.310. The highest BCUT2D eigenvalue weighted by molar-refractivity contribution is 4.88. The summed E-state index contributed by atoms with van der Waals surface area (Å²) in [6, 6.07) is 0. The Hall–Kier alpha value is -0.460. The molecule has 1 aliphatic heterocycles. The molecule has 5 heteroatoms. The molecule has 0 aromatic heterocycles. The molecule has 25 heavy (non-hydrogen) atoms. The molecule has 1 heterocycles. The Morgan fingerprint density at radius 3 is 2.24 bits per heavy atom. The lowest BCUT2D eigenvalue weighted by atomic mass is 10.1. The van der Waals surface area contributed by atoms with Gasteiger partial charge in [0.15, 0.2) is 0 Å². The van der Waals surface area contributed by atoms with Crippen LogP contribution in [0.3, 0.4) is 0 Å². The monoisotopic (exact) mass is 358 g/mol. The van der Waals surface area contributed by atoms with Crippen molar-refractivity contribution in [3.63, 3.8) is 0 Å². The minimum absolute atomic E-state index is 0.0967. The van der Waals surface area contributed by atoms with Crippen LogP contribution < -0.4 is 0 Å². The molecule has 1 aliphatic rings. The number of aliphatic hydroxyl groups is 3. The van der Waals surface area contributed by atoms with Gasteiger partial charge in [-0.2, -0.15) is 0 Å². The molecule has 1 fully saturated rings. The highest BCUT2D eigenvalue weighted by atomic mass is 16.6. The molecule has 1 saturated heterocycles. The van der Waals surface area contributed by atoms with Crippen LogP contribution in [-0.4, -0.2) is 59.6 Å². The van der Waals surface area contributed by atoms with E-state index in [2.05, 4.69) is 19.1 Å². The Morgan fingerprint density at radius 1 is 1.00 bits per heavy atom. The maximum atomic E-state index is 9.79. The Balaban J connectivity index is 1.93. The summed E-state index contributed by atoms with van der Waals surface area (Å²) in [5, 5.41) is 28.7. The summed E-state index contributed by atoms with van der Waals surface area (Å²) in [6.45, 7) is 2.66. The molecule has 0 spiro atoms. The normalized spacial score (nSPS) is 25.0. The largest absolute Gasteiger partial charge is 0.394 e. The predicted molar refractivity (Wildman–Crippen MR) is 99.6 cm³/mol. The summed E-state index contributed by atoms with van der Waals surface area (Å²) in [7, 11) is 0. The third-order valence-electron chi connectivity index (χ3n) is 4.72. The number of hydrogen-bond donors (Lipinski definition) is 3. The van der Waals surface area contributed by atoms with Gasteiger partial charge in [0.1, 0.15) is 24.4 Å². The van der Waals surface area contributed by atoms with Crippen molar-refractivity contribution < 1.29 is 24.8 Å². The van der Waals surface area contributed by atoms with Gasteiger partial charge in [-0.05, 0) is 25.7 Å². The van der Waals surface area contributed by atoms with Crippen molar-refractivity contribution in [3.8, 4) is 0 Å². The van der Waals surface area contributed by atoms with Crippen LogP contribution in [0.2, 0.25) is 0 Å². The third kappa shape index (κ3) is 9.71. The van der Waals surface area contributed by atoms with Crippen LogP contribution in [0.5, 0.6) is 0 Å². The maximum absolute atomic E-state index is 9.79. The summed E-state index contributed by atoms with van der Waals surface area (Å²) in [5.74, 6) is 0. The highest BCUT2D eigenvalue weighted by Crippen LogP contribution is 2.20. The Labute approximate surface area is 153 Å². The minimum Gasteiger partial charge on any atom is -0.394 e. The molecular weight excluding hydrogens is 320 g/mol. The van der Waals surface area contributed by atoms with Gasteiger partial charge in [-0.3, -0.25) is 0 Å². The smallest absolute Gasteiger partial charge is 0.114 e. The van der Waals surface area contributed by atoms with Gasteiger partial charge in [0.05, 0.1) is 13.2 Å². The fourth-order valence-corrected chi connectivity index (χ4v) is 3.07. The molecule has 0 amide bonds. The van der Waals surface area contributed by atoms with E-state index in [4.69, 9.17) is 9.47 Å². The first-order chi connectivity index (χ1) is 12.2. The van der Waals surface area contributed by atoms with Crippen molar-refractivity contribution in [1.29, 1.82) is 0 Å². The number of hydrogen-bond acceptors (Lipinski definition) is 5. The lowest BCUT2D eigenvalue weighted by Gasteiger charge is -2.24. The van der Waals surface area contributed by atoms with Gasteiger partial charge in [0.25, 0.3) is 0 Å². The molecule has 3 N–H and O–H groups in total. The average molecular weight is 359 g/mol. The molecule has 1 rings (SSSR count). The number of rotatable bonds is 15. The third-order valence-corrected chi connectivity index (χ3v) is 4.72. The molecule has 0 radical (unpaired) electrons. The van der Waals surface area contributed by atoms with Gasteiger partial charge in [0.2, 0.25) is 0 Å². The van der Waals surface area contributed by atoms with Crippen LogP contribution in [-0.2, 0) is 9.47 Å². The first-order valence-corrected chi connectivity index (χ1v) is 10.1. The fraction of sp³-hybridized carbons (Fsp3) is 0.900. The van der Waals surface area contributed by atoms with Crippen LogP contribution in [0.15, 0.2) is 12.2 Å². The molecule has 4 atom stereocenters. The summed E-state index contributed by atoms with van der Waals surface area (Å²) >= 11 is 0. The Bertz CT molecular complexity index is 334. The van der Waals surface area contributed by atoms with Crippen LogP contribution in [0.1, 0.15) is 71.1 Å². The number of unbranched alkanes of at least 4 members (excludes halogenated alkanes) is 8. The second-order valence-electron chi connectivity index (χ2n) is 6.97. The summed E-state index contributed by atoms with van der Waals surface area (Å²) < 4.78 is 10.9. The highest BCUT2D eigenvalue weighted by Gasteiger charge is 2.40. The Kier molecular flexibility index (Phi) is 13.3. The maximum Gasteiger partial charge on any atom is 0.114 e. The van der Waals surface area contributed by atoms with Gasteiger partial charge < -0.3 is 24.8 Å². The number of aliphatic hydroxyl groups excluding tert-OH is 3. The van der Waals surface area contributed by atoms with Crippen molar-refractivity contribution >= 4 is 0 Å². The van der Waals surface area contributed by atoms with Crippen molar-refractivity contribution in [1.82, 2.24) is 0 Å². The van der Waals surface area contributed by atoms with Crippen molar-refractivity contribution in [2.75, 3.05) is 19.8 Å². The van der Waals surface area contributed by atoms with Crippen LogP contribution in [0.25, 0.3) is 0 Å². The average Bonchev–Trinajstić information content (AvgIpc) is 2.95. The van der Waals surface area contributed by atoms with Crippen LogP contribution in [0, 0.1) is 0 Å². The summed E-state index contributed by atoms with van der Waals surface area (Å²) in [4.78, 5) is 0. The van der Waals surface area contributed by atoms with E-state index in [-0.39, 0.29) is 13.2 Å². The molecule has 0 aromatic carbocycles. The SMILES string of the molecule is CCCC/C=C/CCCCCCCCO[C@H](CO)[C@H]1OC[C@H](O)[C@H]1O. The first kappa shape index (κ1) is 22.6. The fourth-order valence-electron chi connectivity index (χ4n) is 3.07. The van der Waals surface area contributed by atoms with Gasteiger partial charge in [-0.15, -0.1) is 0 Å². The second kappa shape index (κ2) is 14.7. The van der Waals surface area contributed by atoms with E-state index in [1.54, 1.807) is 0 Å². The number of ether oxygens (including phenoxy) is 2.